The van der Waals surface area contributed by atoms with Gasteiger partial charge in [0.15, 0.2) is 5.58 Å². The number of furan rings is 1. The van der Waals surface area contributed by atoms with Gasteiger partial charge < -0.3 is 9.15 Å². The van der Waals surface area contributed by atoms with Crippen LogP contribution in [0.1, 0.15) is 0 Å². The van der Waals surface area contributed by atoms with Crippen molar-refractivity contribution in [3.05, 3.63) is 54.6 Å². The number of esters is 1. The number of hydrogen-bond acceptors (Lipinski definition) is 4. The zero-order valence-corrected chi connectivity index (χ0v) is 12.5. The summed E-state index contributed by atoms with van der Waals surface area (Å²) in [4.78, 5) is 11.7. The molecule has 0 unspecified atom stereocenters. The van der Waals surface area contributed by atoms with Crippen LogP contribution in [-0.4, -0.2) is 22.9 Å². The number of ether oxygens (including phenoxy) is 1. The molecule has 23 heavy (non-hydrogen) atoms. The average molecular weight is 306 g/mol. The van der Waals surface area contributed by atoms with Crippen LogP contribution in [0.4, 0.5) is 0 Å². The highest BCUT2D eigenvalue weighted by Crippen LogP contribution is 2.35. The monoisotopic (exact) mass is 306 g/mol. The molecule has 2 heterocycles. The summed E-state index contributed by atoms with van der Waals surface area (Å²) in [6.07, 6.45) is 0. The molecule has 0 N–H and O–H groups in total. The van der Waals surface area contributed by atoms with Gasteiger partial charge in [0.25, 0.3) is 0 Å². The smallest absolute Gasteiger partial charge is 0.327 e. The van der Waals surface area contributed by atoms with Crippen LogP contribution in [0.15, 0.2) is 59.0 Å². The van der Waals surface area contributed by atoms with Gasteiger partial charge in [-0.05, 0) is 12.1 Å². The molecule has 0 saturated carbocycles. The van der Waals surface area contributed by atoms with Gasteiger partial charge in [0, 0.05) is 10.9 Å². The van der Waals surface area contributed by atoms with Gasteiger partial charge in [-0.1, -0.05) is 42.5 Å². The minimum Gasteiger partial charge on any atom is -0.468 e. The van der Waals surface area contributed by atoms with E-state index < -0.39 is 0 Å². The van der Waals surface area contributed by atoms with Gasteiger partial charge in [0.2, 0.25) is 0 Å². The molecule has 114 valence electrons. The Morgan fingerprint density at radius 1 is 1.13 bits per heavy atom. The molecule has 0 amide bonds. The van der Waals surface area contributed by atoms with Crippen molar-refractivity contribution in [3.63, 3.8) is 0 Å². The maximum atomic E-state index is 11.7. The first-order valence-corrected chi connectivity index (χ1v) is 7.28. The molecule has 0 fully saturated rings. The molecule has 0 aliphatic carbocycles. The summed E-state index contributed by atoms with van der Waals surface area (Å²) >= 11 is 0. The Hall–Kier alpha value is -3.08. The van der Waals surface area contributed by atoms with Gasteiger partial charge in [-0.2, -0.15) is 5.10 Å². The van der Waals surface area contributed by atoms with Gasteiger partial charge in [0.05, 0.1) is 7.11 Å². The minimum absolute atomic E-state index is 0.0450. The zero-order valence-electron chi connectivity index (χ0n) is 12.5. The average Bonchev–Trinajstić information content (AvgIpc) is 3.13. The van der Waals surface area contributed by atoms with E-state index in [1.165, 1.54) is 7.11 Å². The zero-order chi connectivity index (χ0) is 15.8. The summed E-state index contributed by atoms with van der Waals surface area (Å²) in [6.45, 7) is 0.0450. The van der Waals surface area contributed by atoms with Crippen LogP contribution in [0.25, 0.3) is 33.3 Å². The summed E-state index contributed by atoms with van der Waals surface area (Å²) in [7, 11) is 1.37. The summed E-state index contributed by atoms with van der Waals surface area (Å²) < 4.78 is 12.4. The molecule has 0 atom stereocenters. The van der Waals surface area contributed by atoms with E-state index in [4.69, 9.17) is 9.15 Å². The number of carbonyl (C=O) groups excluding carboxylic acids is 1. The second kappa shape index (κ2) is 5.28. The van der Waals surface area contributed by atoms with Crippen LogP contribution in [0.3, 0.4) is 0 Å². The van der Waals surface area contributed by atoms with Crippen molar-refractivity contribution in [1.29, 1.82) is 0 Å². The predicted octanol–water partition coefficient (Wildman–Crippen LogP) is 3.62. The molecule has 0 saturated heterocycles. The Bertz CT molecular complexity index is 999. The molecule has 0 aliphatic rings. The first kappa shape index (κ1) is 13.6. The summed E-state index contributed by atoms with van der Waals surface area (Å²) in [5.74, 6) is -0.348. The van der Waals surface area contributed by atoms with Crippen molar-refractivity contribution in [2.45, 2.75) is 6.54 Å². The van der Waals surface area contributed by atoms with Crippen LogP contribution >= 0.6 is 0 Å². The minimum atomic E-state index is -0.348. The number of hydrogen-bond donors (Lipinski definition) is 0. The number of para-hydroxylation sites is 1. The first-order chi connectivity index (χ1) is 11.3. The van der Waals surface area contributed by atoms with Crippen molar-refractivity contribution in [2.24, 2.45) is 0 Å². The highest BCUT2D eigenvalue weighted by molar-refractivity contribution is 6.07. The largest absolute Gasteiger partial charge is 0.468 e. The van der Waals surface area contributed by atoms with Crippen LogP contribution in [-0.2, 0) is 16.1 Å². The fourth-order valence-corrected chi connectivity index (χ4v) is 2.75. The second-order valence-electron chi connectivity index (χ2n) is 5.22. The Labute approximate surface area is 132 Å². The fourth-order valence-electron chi connectivity index (χ4n) is 2.75. The normalized spacial score (nSPS) is 11.2. The highest BCUT2D eigenvalue weighted by Gasteiger charge is 2.20. The second-order valence-corrected chi connectivity index (χ2v) is 5.22. The molecule has 0 spiro atoms. The molecule has 5 heteroatoms. The van der Waals surface area contributed by atoms with Crippen molar-refractivity contribution in [3.8, 4) is 11.3 Å². The molecule has 0 aliphatic heterocycles. The lowest BCUT2D eigenvalue weighted by Crippen LogP contribution is -2.12. The lowest BCUT2D eigenvalue weighted by atomic mass is 10.1. The number of methoxy groups -OCH3 is 1. The number of aromatic nitrogens is 2. The third-order valence-corrected chi connectivity index (χ3v) is 3.82. The van der Waals surface area contributed by atoms with E-state index in [-0.39, 0.29) is 12.5 Å². The standard InChI is InChI=1S/C18H14N2O3/c1-22-15(21)11-20-17-13-9-5-6-10-14(13)23-18(17)16(19-20)12-7-3-2-4-8-12/h2-10H,11H2,1H3. The SMILES string of the molecule is COC(=O)Cn1nc(-c2ccccc2)c2oc3ccccc3c21. The Kier molecular flexibility index (Phi) is 3.12. The number of benzene rings is 2. The van der Waals surface area contributed by atoms with E-state index in [1.54, 1.807) is 4.68 Å². The lowest BCUT2D eigenvalue weighted by Gasteiger charge is -2.01. The van der Waals surface area contributed by atoms with Crippen LogP contribution < -0.4 is 0 Å². The van der Waals surface area contributed by atoms with Crippen LogP contribution in [0.2, 0.25) is 0 Å². The van der Waals surface area contributed by atoms with Gasteiger partial charge in [-0.25, -0.2) is 4.68 Å². The molecule has 2 aromatic carbocycles. The van der Waals surface area contributed by atoms with Crippen LogP contribution in [0.5, 0.6) is 0 Å². The van der Waals surface area contributed by atoms with Gasteiger partial charge in [-0.15, -0.1) is 0 Å². The molecule has 0 bridgehead atoms. The Morgan fingerprint density at radius 3 is 2.65 bits per heavy atom. The maximum Gasteiger partial charge on any atom is 0.327 e. The van der Waals surface area contributed by atoms with E-state index in [1.807, 2.05) is 54.6 Å². The van der Waals surface area contributed by atoms with E-state index in [0.717, 1.165) is 27.7 Å². The Balaban J connectivity index is 2.02. The number of carbonyl (C=O) groups is 1. The fraction of sp³-hybridized carbons (Fsp3) is 0.111. The van der Waals surface area contributed by atoms with Gasteiger partial charge >= 0.3 is 5.97 Å². The molecule has 2 aromatic heterocycles. The maximum absolute atomic E-state index is 11.7. The number of fused-ring (bicyclic) bond motifs is 3. The topological polar surface area (TPSA) is 57.3 Å². The molecule has 4 aromatic rings. The van der Waals surface area contributed by atoms with Crippen molar-refractivity contribution < 1.29 is 13.9 Å². The highest BCUT2D eigenvalue weighted by atomic mass is 16.5. The molecule has 5 nitrogen and oxygen atoms in total. The summed E-state index contributed by atoms with van der Waals surface area (Å²) in [6, 6.07) is 17.5. The lowest BCUT2D eigenvalue weighted by molar-refractivity contribution is -0.141. The van der Waals surface area contributed by atoms with Gasteiger partial charge in [-0.3, -0.25) is 4.79 Å². The molecular formula is C18H14N2O3. The predicted molar refractivity (Wildman–Crippen MR) is 87.0 cm³/mol. The van der Waals surface area contributed by atoms with Crippen LogP contribution in [0, 0.1) is 0 Å². The molecular weight excluding hydrogens is 292 g/mol. The number of rotatable bonds is 3. The number of nitrogens with zero attached hydrogens (tertiary/aromatic N) is 2. The van der Waals surface area contributed by atoms with Crippen molar-refractivity contribution in [2.75, 3.05) is 7.11 Å². The summed E-state index contributed by atoms with van der Waals surface area (Å²) in [5.41, 5.74) is 3.93. The molecule has 0 radical (unpaired) electrons. The van der Waals surface area contributed by atoms with E-state index in [0.29, 0.717) is 5.58 Å². The Morgan fingerprint density at radius 2 is 1.87 bits per heavy atom. The van der Waals surface area contributed by atoms with Crippen molar-refractivity contribution in [1.82, 2.24) is 9.78 Å². The third kappa shape index (κ3) is 2.17. The molecule has 4 rings (SSSR count). The summed E-state index contributed by atoms with van der Waals surface area (Å²) in [5, 5.41) is 5.51. The van der Waals surface area contributed by atoms with Gasteiger partial charge in [0.1, 0.15) is 23.3 Å². The van der Waals surface area contributed by atoms with E-state index >= 15 is 0 Å². The quantitative estimate of drug-likeness (QED) is 0.542. The van der Waals surface area contributed by atoms with Crippen molar-refractivity contribution >= 4 is 28.0 Å². The van der Waals surface area contributed by atoms with E-state index in [9.17, 15) is 4.79 Å². The van der Waals surface area contributed by atoms with E-state index in [2.05, 4.69) is 5.10 Å². The third-order valence-electron chi connectivity index (χ3n) is 3.82. The first-order valence-electron chi connectivity index (χ1n) is 7.28.